The zero-order valence-corrected chi connectivity index (χ0v) is 11.9. The van der Waals surface area contributed by atoms with Gasteiger partial charge in [-0.05, 0) is 44.7 Å². The van der Waals surface area contributed by atoms with Gasteiger partial charge in [0.15, 0.2) is 0 Å². The second-order valence-corrected chi connectivity index (χ2v) is 6.40. The van der Waals surface area contributed by atoms with Crippen LogP contribution in [0.15, 0.2) is 0 Å². The minimum absolute atomic E-state index is 0.389. The average Bonchev–Trinajstić information content (AvgIpc) is 2.88. The van der Waals surface area contributed by atoms with Crippen molar-refractivity contribution < 1.29 is 4.79 Å². The van der Waals surface area contributed by atoms with Crippen LogP contribution in [0.5, 0.6) is 0 Å². The van der Waals surface area contributed by atoms with Crippen LogP contribution >= 0.6 is 0 Å². The second kappa shape index (κ2) is 6.23. The molecule has 4 nitrogen and oxygen atoms in total. The molecule has 1 unspecified atom stereocenters. The summed E-state index contributed by atoms with van der Waals surface area (Å²) in [6, 6.07) is 0.835. The number of piperazine rings is 1. The third-order valence-corrected chi connectivity index (χ3v) is 5.19. The van der Waals surface area contributed by atoms with Gasteiger partial charge in [-0.1, -0.05) is 6.42 Å². The van der Waals surface area contributed by atoms with Gasteiger partial charge < -0.3 is 10.2 Å². The number of hydrogen-bond donors (Lipinski definition) is 1. The number of carbonyl (C=O) groups is 1. The van der Waals surface area contributed by atoms with Crippen molar-refractivity contribution in [2.45, 2.75) is 44.6 Å². The number of nitrogens with one attached hydrogen (secondary N) is 1. The van der Waals surface area contributed by atoms with E-state index in [9.17, 15) is 4.79 Å². The maximum Gasteiger partial charge on any atom is 0.222 e. The van der Waals surface area contributed by atoms with E-state index in [4.69, 9.17) is 0 Å². The van der Waals surface area contributed by atoms with Gasteiger partial charge in [-0.3, -0.25) is 9.69 Å². The van der Waals surface area contributed by atoms with Crippen LogP contribution in [0.4, 0.5) is 0 Å². The van der Waals surface area contributed by atoms with Gasteiger partial charge in [0.25, 0.3) is 0 Å². The molecule has 3 fully saturated rings. The topological polar surface area (TPSA) is 35.6 Å². The molecule has 2 aliphatic heterocycles. The summed E-state index contributed by atoms with van der Waals surface area (Å²) >= 11 is 0. The lowest BCUT2D eigenvalue weighted by Crippen LogP contribution is -2.53. The molecule has 1 N–H and O–H groups in total. The van der Waals surface area contributed by atoms with Crippen molar-refractivity contribution in [3.63, 3.8) is 0 Å². The van der Waals surface area contributed by atoms with Crippen LogP contribution in [0, 0.1) is 5.92 Å². The van der Waals surface area contributed by atoms with Gasteiger partial charge in [0.1, 0.15) is 0 Å². The van der Waals surface area contributed by atoms with Crippen molar-refractivity contribution >= 4 is 5.91 Å². The zero-order valence-electron chi connectivity index (χ0n) is 11.9. The summed E-state index contributed by atoms with van der Waals surface area (Å²) < 4.78 is 0. The Bertz CT molecular complexity index is 303. The van der Waals surface area contributed by atoms with E-state index >= 15 is 0 Å². The van der Waals surface area contributed by atoms with E-state index in [1.165, 1.54) is 25.7 Å². The van der Waals surface area contributed by atoms with Crippen LogP contribution in [-0.4, -0.2) is 61.0 Å². The number of nitrogens with zero attached hydrogens (tertiary/aromatic N) is 2. The Morgan fingerprint density at radius 1 is 1.11 bits per heavy atom. The summed E-state index contributed by atoms with van der Waals surface area (Å²) in [4.78, 5) is 16.9. The van der Waals surface area contributed by atoms with E-state index in [2.05, 4.69) is 15.1 Å². The predicted molar refractivity (Wildman–Crippen MR) is 76.0 cm³/mol. The summed E-state index contributed by atoms with van der Waals surface area (Å²) in [6.07, 6.45) is 7.25. The highest BCUT2D eigenvalue weighted by Crippen LogP contribution is 2.25. The molecule has 1 aliphatic carbocycles. The van der Waals surface area contributed by atoms with Crippen molar-refractivity contribution in [1.29, 1.82) is 0 Å². The fraction of sp³-hybridized carbons (Fsp3) is 0.933. The van der Waals surface area contributed by atoms with E-state index in [0.717, 1.165) is 64.1 Å². The number of rotatable bonds is 4. The van der Waals surface area contributed by atoms with Gasteiger partial charge >= 0.3 is 0 Å². The van der Waals surface area contributed by atoms with Gasteiger partial charge in [0, 0.05) is 38.6 Å². The summed E-state index contributed by atoms with van der Waals surface area (Å²) in [5.41, 5.74) is 0. The van der Waals surface area contributed by atoms with E-state index in [1.807, 2.05) is 0 Å². The molecule has 3 aliphatic rings. The SMILES string of the molecule is O=C(CCC1CCNC1)N1CCN(C2CCC2)CC1. The first kappa shape index (κ1) is 13.4. The molecule has 19 heavy (non-hydrogen) atoms. The van der Waals surface area contributed by atoms with Gasteiger partial charge in [-0.15, -0.1) is 0 Å². The molecular formula is C15H27N3O. The van der Waals surface area contributed by atoms with Gasteiger partial charge in [0.2, 0.25) is 5.91 Å². The maximum absolute atomic E-state index is 12.2. The Morgan fingerprint density at radius 2 is 1.89 bits per heavy atom. The van der Waals surface area contributed by atoms with E-state index < -0.39 is 0 Å². The van der Waals surface area contributed by atoms with Crippen molar-refractivity contribution in [3.05, 3.63) is 0 Å². The molecule has 1 atom stereocenters. The quantitative estimate of drug-likeness (QED) is 0.826. The second-order valence-electron chi connectivity index (χ2n) is 6.40. The first-order valence-corrected chi connectivity index (χ1v) is 8.05. The molecule has 1 saturated carbocycles. The fourth-order valence-corrected chi connectivity index (χ4v) is 3.53. The van der Waals surface area contributed by atoms with Crippen LogP contribution in [-0.2, 0) is 4.79 Å². The van der Waals surface area contributed by atoms with Gasteiger partial charge in [-0.2, -0.15) is 0 Å². The Morgan fingerprint density at radius 3 is 2.47 bits per heavy atom. The number of carbonyl (C=O) groups excluding carboxylic acids is 1. The van der Waals surface area contributed by atoms with E-state index in [1.54, 1.807) is 0 Å². The monoisotopic (exact) mass is 265 g/mol. The molecule has 2 heterocycles. The minimum atomic E-state index is 0.389. The van der Waals surface area contributed by atoms with Crippen molar-refractivity contribution in [2.24, 2.45) is 5.92 Å². The molecular weight excluding hydrogens is 238 g/mol. The van der Waals surface area contributed by atoms with Crippen LogP contribution in [0.25, 0.3) is 0 Å². The number of hydrogen-bond acceptors (Lipinski definition) is 3. The van der Waals surface area contributed by atoms with Crippen molar-refractivity contribution in [3.8, 4) is 0 Å². The minimum Gasteiger partial charge on any atom is -0.340 e. The van der Waals surface area contributed by atoms with Crippen LogP contribution in [0.2, 0.25) is 0 Å². The normalized spacial score (nSPS) is 29.5. The van der Waals surface area contributed by atoms with Crippen molar-refractivity contribution in [2.75, 3.05) is 39.3 Å². The highest BCUT2D eigenvalue weighted by Gasteiger charge is 2.29. The predicted octanol–water partition coefficient (Wildman–Crippen LogP) is 1.07. The third kappa shape index (κ3) is 3.29. The van der Waals surface area contributed by atoms with Crippen LogP contribution < -0.4 is 5.32 Å². The molecule has 4 heteroatoms. The first-order chi connectivity index (χ1) is 9.33. The third-order valence-electron chi connectivity index (χ3n) is 5.19. The highest BCUT2D eigenvalue weighted by molar-refractivity contribution is 5.76. The fourth-order valence-electron chi connectivity index (χ4n) is 3.53. The maximum atomic E-state index is 12.2. The Labute approximate surface area is 116 Å². The summed E-state index contributed by atoms with van der Waals surface area (Å²) in [7, 11) is 0. The van der Waals surface area contributed by atoms with Gasteiger partial charge in [-0.25, -0.2) is 0 Å². The zero-order chi connectivity index (χ0) is 13.1. The lowest BCUT2D eigenvalue weighted by atomic mass is 9.91. The largest absolute Gasteiger partial charge is 0.340 e. The lowest BCUT2D eigenvalue weighted by molar-refractivity contribution is -0.133. The Balaban J connectivity index is 1.36. The molecule has 2 saturated heterocycles. The summed E-state index contributed by atoms with van der Waals surface area (Å²) in [6.45, 7) is 6.36. The average molecular weight is 265 g/mol. The molecule has 0 aromatic rings. The lowest BCUT2D eigenvalue weighted by Gasteiger charge is -2.43. The molecule has 0 aromatic carbocycles. The molecule has 0 radical (unpaired) electrons. The summed E-state index contributed by atoms with van der Waals surface area (Å²) in [5.74, 6) is 1.13. The molecule has 0 bridgehead atoms. The standard InChI is InChI=1S/C15H27N3O/c19-15(5-4-13-6-7-16-12-13)18-10-8-17(9-11-18)14-2-1-3-14/h13-14,16H,1-12H2. The van der Waals surface area contributed by atoms with Gasteiger partial charge in [0.05, 0.1) is 0 Å². The smallest absolute Gasteiger partial charge is 0.222 e. The van der Waals surface area contributed by atoms with E-state index in [-0.39, 0.29) is 0 Å². The molecule has 0 aromatic heterocycles. The Hall–Kier alpha value is -0.610. The van der Waals surface area contributed by atoms with Crippen LogP contribution in [0.1, 0.15) is 38.5 Å². The van der Waals surface area contributed by atoms with Crippen LogP contribution in [0.3, 0.4) is 0 Å². The molecule has 108 valence electrons. The Kier molecular flexibility index (Phi) is 4.38. The highest BCUT2D eigenvalue weighted by atomic mass is 16.2. The molecule has 0 spiro atoms. The first-order valence-electron chi connectivity index (χ1n) is 8.05. The molecule has 3 rings (SSSR count). The van der Waals surface area contributed by atoms with E-state index in [0.29, 0.717) is 5.91 Å². The molecule has 1 amide bonds. The number of amides is 1. The van der Waals surface area contributed by atoms with Crippen molar-refractivity contribution in [1.82, 2.24) is 15.1 Å². The summed E-state index contributed by atoms with van der Waals surface area (Å²) in [5, 5.41) is 3.38.